The van der Waals surface area contributed by atoms with Crippen molar-refractivity contribution in [2.45, 2.75) is 25.2 Å². The van der Waals surface area contributed by atoms with Crippen molar-refractivity contribution in [2.24, 2.45) is 7.05 Å². The molecule has 2 aromatic rings. The lowest BCUT2D eigenvalue weighted by Crippen LogP contribution is -2.42. The number of carbonyl (C=O) groups excluding carboxylic acids is 1. The van der Waals surface area contributed by atoms with Gasteiger partial charge in [-0.3, -0.25) is 14.2 Å². The minimum atomic E-state index is -4.05. The standard InChI is InChI=1S/C19H23F2N5O5S/c1-24(2)32(30,31)26-10-13(21)8-14(26)17-23-15(16(27)19(29)25(17)3)18(28)22-9-11-4-6-12(20)7-5-11/h4-7,13-14,27H,8-10H2,1-3H3,(H,22,28)/t13-,14-/m0/s1. The SMILES string of the molecule is CN(C)S(=O)(=O)N1C[C@@H](F)C[C@H]1c1nc(C(=O)NCc2ccc(F)cc2)c(O)c(=O)n1C. The fraction of sp³-hybridized carbons (Fsp3) is 0.421. The van der Waals surface area contributed by atoms with Gasteiger partial charge in [0.25, 0.3) is 21.7 Å². The Balaban J connectivity index is 1.97. The van der Waals surface area contributed by atoms with Gasteiger partial charge >= 0.3 is 0 Å². The van der Waals surface area contributed by atoms with Crippen LogP contribution in [0.25, 0.3) is 0 Å². The fourth-order valence-corrected chi connectivity index (χ4v) is 4.66. The van der Waals surface area contributed by atoms with Crippen LogP contribution in [-0.4, -0.2) is 64.4 Å². The molecule has 10 nitrogen and oxygen atoms in total. The molecule has 32 heavy (non-hydrogen) atoms. The molecule has 1 aromatic carbocycles. The van der Waals surface area contributed by atoms with Crippen molar-refractivity contribution in [3.8, 4) is 5.75 Å². The lowest BCUT2D eigenvalue weighted by molar-refractivity contribution is 0.0941. The summed E-state index contributed by atoms with van der Waals surface area (Å²) in [7, 11) is -0.231. The van der Waals surface area contributed by atoms with Crippen LogP contribution in [0, 0.1) is 5.82 Å². The van der Waals surface area contributed by atoms with Crippen LogP contribution in [0.15, 0.2) is 29.1 Å². The van der Waals surface area contributed by atoms with E-state index in [9.17, 15) is 31.9 Å². The molecular formula is C19H23F2N5O5S. The predicted octanol–water partition coefficient (Wildman–Crippen LogP) is 0.446. The molecular weight excluding hydrogens is 448 g/mol. The molecule has 0 spiro atoms. The van der Waals surface area contributed by atoms with E-state index < -0.39 is 57.7 Å². The number of rotatable bonds is 6. The van der Waals surface area contributed by atoms with E-state index in [1.165, 1.54) is 45.4 Å². The summed E-state index contributed by atoms with van der Waals surface area (Å²) in [6.45, 7) is -0.476. The quantitative estimate of drug-likeness (QED) is 0.630. The maximum Gasteiger partial charge on any atom is 0.296 e. The highest BCUT2D eigenvalue weighted by molar-refractivity contribution is 7.86. The van der Waals surface area contributed by atoms with E-state index >= 15 is 0 Å². The molecule has 1 aromatic heterocycles. The van der Waals surface area contributed by atoms with Crippen molar-refractivity contribution in [1.82, 2.24) is 23.5 Å². The number of aromatic nitrogens is 2. The number of alkyl halides is 1. The minimum absolute atomic E-state index is 0.0398. The van der Waals surface area contributed by atoms with Crippen LogP contribution in [0.1, 0.15) is 34.3 Å². The maximum atomic E-state index is 14.2. The highest BCUT2D eigenvalue weighted by Gasteiger charge is 2.44. The summed E-state index contributed by atoms with van der Waals surface area (Å²) < 4.78 is 55.2. The molecule has 1 saturated heterocycles. The van der Waals surface area contributed by atoms with Gasteiger partial charge in [-0.2, -0.15) is 17.0 Å². The lowest BCUT2D eigenvalue weighted by atomic mass is 10.2. The molecule has 1 aliphatic heterocycles. The van der Waals surface area contributed by atoms with Crippen LogP contribution in [-0.2, 0) is 23.8 Å². The molecule has 1 amide bonds. The van der Waals surface area contributed by atoms with E-state index in [0.717, 1.165) is 13.2 Å². The second kappa shape index (κ2) is 8.92. The second-order valence-corrected chi connectivity index (χ2v) is 9.64. The van der Waals surface area contributed by atoms with Crippen molar-refractivity contribution in [3.05, 3.63) is 57.5 Å². The van der Waals surface area contributed by atoms with Gasteiger partial charge in [-0.1, -0.05) is 12.1 Å². The third kappa shape index (κ3) is 4.49. The average molecular weight is 471 g/mol. The van der Waals surface area contributed by atoms with E-state index in [4.69, 9.17) is 0 Å². The molecule has 2 heterocycles. The lowest BCUT2D eigenvalue weighted by Gasteiger charge is -2.27. The first kappa shape index (κ1) is 23.8. The summed E-state index contributed by atoms with van der Waals surface area (Å²) >= 11 is 0. The molecule has 1 aliphatic rings. The summed E-state index contributed by atoms with van der Waals surface area (Å²) in [6, 6.07) is 4.16. The largest absolute Gasteiger partial charge is 0.501 e. The van der Waals surface area contributed by atoms with Gasteiger partial charge in [0.1, 0.15) is 17.8 Å². The summed E-state index contributed by atoms with van der Waals surface area (Å²) in [4.78, 5) is 29.2. The number of nitrogens with one attached hydrogen (secondary N) is 1. The molecule has 0 aliphatic carbocycles. The van der Waals surface area contributed by atoms with Gasteiger partial charge in [0, 0.05) is 40.7 Å². The zero-order chi connectivity index (χ0) is 23.8. The summed E-state index contributed by atoms with van der Waals surface area (Å²) in [5.41, 5.74) is -1.04. The van der Waals surface area contributed by atoms with Crippen LogP contribution in [0.5, 0.6) is 5.75 Å². The number of benzene rings is 1. The number of halogens is 2. The molecule has 13 heteroatoms. The number of amides is 1. The smallest absolute Gasteiger partial charge is 0.296 e. The van der Waals surface area contributed by atoms with Crippen molar-refractivity contribution < 1.29 is 27.1 Å². The summed E-state index contributed by atoms with van der Waals surface area (Å²) in [6.07, 6.45) is -1.77. The second-order valence-electron chi connectivity index (χ2n) is 7.55. The predicted molar refractivity (Wildman–Crippen MR) is 110 cm³/mol. The fourth-order valence-electron chi connectivity index (χ4n) is 3.39. The summed E-state index contributed by atoms with van der Waals surface area (Å²) in [5, 5.41) is 12.7. The van der Waals surface area contributed by atoms with Gasteiger partial charge in [-0.15, -0.1) is 0 Å². The average Bonchev–Trinajstić information content (AvgIpc) is 3.13. The Morgan fingerprint density at radius 3 is 2.53 bits per heavy atom. The molecule has 0 saturated carbocycles. The van der Waals surface area contributed by atoms with Gasteiger partial charge < -0.3 is 10.4 Å². The maximum absolute atomic E-state index is 14.2. The van der Waals surface area contributed by atoms with Gasteiger partial charge in [0.15, 0.2) is 5.69 Å². The van der Waals surface area contributed by atoms with E-state index in [1.54, 1.807) is 0 Å². The zero-order valence-electron chi connectivity index (χ0n) is 17.6. The number of hydrogen-bond acceptors (Lipinski definition) is 6. The van der Waals surface area contributed by atoms with Gasteiger partial charge in [-0.25, -0.2) is 13.8 Å². The molecule has 3 rings (SSSR count). The van der Waals surface area contributed by atoms with E-state index in [0.29, 0.717) is 5.56 Å². The van der Waals surface area contributed by atoms with Crippen molar-refractivity contribution >= 4 is 16.1 Å². The number of carbonyl (C=O) groups is 1. The normalized spacial score (nSPS) is 19.4. The third-order valence-corrected chi connectivity index (χ3v) is 7.06. The van der Waals surface area contributed by atoms with Crippen LogP contribution in [0.4, 0.5) is 8.78 Å². The first-order chi connectivity index (χ1) is 14.9. The van der Waals surface area contributed by atoms with Gasteiger partial charge in [-0.05, 0) is 17.7 Å². The molecule has 2 N–H and O–H groups in total. The Bertz CT molecular complexity index is 1180. The van der Waals surface area contributed by atoms with Crippen LogP contribution in [0.3, 0.4) is 0 Å². The zero-order valence-corrected chi connectivity index (χ0v) is 18.4. The molecule has 0 radical (unpaired) electrons. The molecule has 2 atom stereocenters. The van der Waals surface area contributed by atoms with Crippen LogP contribution < -0.4 is 10.9 Å². The van der Waals surface area contributed by atoms with Crippen molar-refractivity contribution in [2.75, 3.05) is 20.6 Å². The minimum Gasteiger partial charge on any atom is -0.501 e. The van der Waals surface area contributed by atoms with Gasteiger partial charge in [0.05, 0.1) is 6.04 Å². The first-order valence-corrected chi connectivity index (χ1v) is 11.0. The van der Waals surface area contributed by atoms with Crippen LogP contribution >= 0.6 is 0 Å². The highest BCUT2D eigenvalue weighted by Crippen LogP contribution is 2.35. The number of hydrogen-bond donors (Lipinski definition) is 2. The highest BCUT2D eigenvalue weighted by atomic mass is 32.2. The molecule has 0 unspecified atom stereocenters. The third-order valence-electron chi connectivity index (χ3n) is 5.14. The Kier molecular flexibility index (Phi) is 6.62. The first-order valence-electron chi connectivity index (χ1n) is 9.59. The van der Waals surface area contributed by atoms with Gasteiger partial charge in [0.2, 0.25) is 5.75 Å². The monoisotopic (exact) mass is 471 g/mol. The molecule has 0 bridgehead atoms. The Morgan fingerprint density at radius 2 is 1.94 bits per heavy atom. The molecule has 174 valence electrons. The van der Waals surface area contributed by atoms with E-state index in [2.05, 4.69) is 10.3 Å². The van der Waals surface area contributed by atoms with Crippen molar-refractivity contribution in [1.29, 1.82) is 0 Å². The Morgan fingerprint density at radius 1 is 1.31 bits per heavy atom. The van der Waals surface area contributed by atoms with E-state index in [1.807, 2.05) is 0 Å². The summed E-state index contributed by atoms with van der Waals surface area (Å²) in [5.74, 6) is -2.45. The van der Waals surface area contributed by atoms with E-state index in [-0.39, 0.29) is 18.8 Å². The van der Waals surface area contributed by atoms with Crippen LogP contribution in [0.2, 0.25) is 0 Å². The number of aromatic hydroxyl groups is 1. The Hall–Kier alpha value is -2.90. The topological polar surface area (TPSA) is 125 Å². The van der Waals surface area contributed by atoms with Crippen molar-refractivity contribution in [3.63, 3.8) is 0 Å². The Labute approximate surface area is 183 Å². The molecule has 1 fully saturated rings. The number of nitrogens with zero attached hydrogens (tertiary/aromatic N) is 4.